The number of carbonyl (C=O) groups excluding carboxylic acids is 2. The Morgan fingerprint density at radius 2 is 1.96 bits per heavy atom. The number of Topliss-reactive ketones (excluding diaryl/α,β-unsaturated/α-hetero) is 1. The number of furan rings is 1. The summed E-state index contributed by atoms with van der Waals surface area (Å²) in [4.78, 5) is 27.4. The maximum atomic E-state index is 13.2. The van der Waals surface area contributed by atoms with Gasteiger partial charge in [-0.15, -0.1) is 0 Å². The number of hydrogen-bond donors (Lipinski definition) is 0. The fourth-order valence-electron chi connectivity index (χ4n) is 4.05. The molecule has 130 valence electrons. The number of aryl methyl sites for hydroxylation is 2. The van der Waals surface area contributed by atoms with Gasteiger partial charge in [0.2, 0.25) is 0 Å². The quantitative estimate of drug-likeness (QED) is 0.821. The number of hydrogen-bond acceptors (Lipinski definition) is 3. The molecule has 4 nitrogen and oxygen atoms in total. The summed E-state index contributed by atoms with van der Waals surface area (Å²) in [5.41, 5.74) is 1.83. The molecule has 0 bridgehead atoms. The first kappa shape index (κ1) is 16.1. The standard InChI is InChI=1S/C20H20FNO3/c1-12-18(19-16(23)5-2-6-17(19)25-12)20(24)22-11-3-4-15(22)13-7-9-14(21)10-8-13/h7-10,15H,2-6,11H2,1H3/t15-/m1/s1. The van der Waals surface area contributed by atoms with E-state index in [0.717, 1.165) is 24.8 Å². The summed E-state index contributed by atoms with van der Waals surface area (Å²) in [5.74, 6) is 0.734. The van der Waals surface area contributed by atoms with E-state index in [1.54, 1.807) is 24.0 Å². The number of fused-ring (bicyclic) bond motifs is 1. The lowest BCUT2D eigenvalue weighted by atomic mass is 9.92. The summed E-state index contributed by atoms with van der Waals surface area (Å²) in [6, 6.07) is 6.22. The Morgan fingerprint density at radius 1 is 1.20 bits per heavy atom. The molecule has 2 aliphatic rings. The third-order valence-corrected chi connectivity index (χ3v) is 5.23. The molecule has 4 rings (SSSR count). The Morgan fingerprint density at radius 3 is 2.72 bits per heavy atom. The summed E-state index contributed by atoms with van der Waals surface area (Å²) >= 11 is 0. The van der Waals surface area contributed by atoms with E-state index < -0.39 is 0 Å². The predicted octanol–water partition coefficient (Wildman–Crippen LogP) is 4.22. The topological polar surface area (TPSA) is 50.5 Å². The zero-order valence-electron chi connectivity index (χ0n) is 14.2. The average Bonchev–Trinajstić information content (AvgIpc) is 3.20. The number of rotatable bonds is 2. The number of halogens is 1. The summed E-state index contributed by atoms with van der Waals surface area (Å²) in [5, 5.41) is 0. The third kappa shape index (κ3) is 2.68. The first-order valence-corrected chi connectivity index (χ1v) is 8.78. The van der Waals surface area contributed by atoms with Crippen LogP contribution in [0, 0.1) is 12.7 Å². The van der Waals surface area contributed by atoms with Gasteiger partial charge in [0.1, 0.15) is 17.3 Å². The number of carbonyl (C=O) groups is 2. The van der Waals surface area contributed by atoms with E-state index in [-0.39, 0.29) is 23.5 Å². The van der Waals surface area contributed by atoms with Gasteiger partial charge in [-0.25, -0.2) is 4.39 Å². The summed E-state index contributed by atoms with van der Waals surface area (Å²) < 4.78 is 18.9. The van der Waals surface area contributed by atoms with Gasteiger partial charge in [-0.05, 0) is 43.9 Å². The Hall–Kier alpha value is -2.43. The summed E-state index contributed by atoms with van der Waals surface area (Å²) in [7, 11) is 0. The molecular weight excluding hydrogens is 321 g/mol. The minimum absolute atomic E-state index is 0.000945. The molecule has 1 aliphatic heterocycles. The van der Waals surface area contributed by atoms with Crippen LogP contribution in [-0.4, -0.2) is 23.1 Å². The van der Waals surface area contributed by atoms with Crippen molar-refractivity contribution in [1.82, 2.24) is 4.90 Å². The zero-order chi connectivity index (χ0) is 17.6. The molecule has 0 radical (unpaired) electrons. The smallest absolute Gasteiger partial charge is 0.258 e. The molecule has 25 heavy (non-hydrogen) atoms. The van der Waals surface area contributed by atoms with Crippen LogP contribution in [0.15, 0.2) is 28.7 Å². The number of benzene rings is 1. The highest BCUT2D eigenvalue weighted by atomic mass is 19.1. The second kappa shape index (κ2) is 6.14. The van der Waals surface area contributed by atoms with E-state index in [1.807, 2.05) is 0 Å². The van der Waals surface area contributed by atoms with E-state index in [2.05, 4.69) is 0 Å². The Labute approximate surface area is 145 Å². The van der Waals surface area contributed by atoms with Crippen molar-refractivity contribution in [2.45, 2.75) is 45.1 Å². The van der Waals surface area contributed by atoms with Crippen molar-refractivity contribution in [3.63, 3.8) is 0 Å². The second-order valence-corrected chi connectivity index (χ2v) is 6.82. The molecule has 1 fully saturated rings. The minimum atomic E-state index is -0.287. The van der Waals surface area contributed by atoms with Gasteiger partial charge < -0.3 is 9.32 Å². The Bertz CT molecular complexity index is 837. The summed E-state index contributed by atoms with van der Waals surface area (Å²) in [6.45, 7) is 2.39. The van der Waals surface area contributed by atoms with Crippen molar-refractivity contribution in [3.05, 3.63) is 58.3 Å². The molecule has 0 unspecified atom stereocenters. The lowest BCUT2D eigenvalue weighted by Gasteiger charge is -2.25. The lowest BCUT2D eigenvalue weighted by Crippen LogP contribution is -2.32. The van der Waals surface area contributed by atoms with Crippen molar-refractivity contribution < 1.29 is 18.4 Å². The molecule has 2 aromatic rings. The highest BCUT2D eigenvalue weighted by molar-refractivity contribution is 6.10. The Balaban J connectivity index is 1.70. The average molecular weight is 341 g/mol. The highest BCUT2D eigenvalue weighted by Crippen LogP contribution is 2.36. The molecule has 0 saturated carbocycles. The van der Waals surface area contributed by atoms with Gasteiger partial charge in [-0.1, -0.05) is 12.1 Å². The summed E-state index contributed by atoms with van der Waals surface area (Å²) in [6.07, 6.45) is 3.67. The van der Waals surface area contributed by atoms with Crippen LogP contribution in [0.5, 0.6) is 0 Å². The van der Waals surface area contributed by atoms with Crippen LogP contribution in [0.25, 0.3) is 0 Å². The molecule has 1 atom stereocenters. The molecule has 5 heteroatoms. The van der Waals surface area contributed by atoms with Crippen LogP contribution in [0.4, 0.5) is 4.39 Å². The van der Waals surface area contributed by atoms with Crippen LogP contribution >= 0.6 is 0 Å². The van der Waals surface area contributed by atoms with Gasteiger partial charge in [0.05, 0.1) is 17.2 Å². The maximum absolute atomic E-state index is 13.2. The van der Waals surface area contributed by atoms with Gasteiger partial charge in [0.15, 0.2) is 5.78 Å². The fraction of sp³-hybridized carbons (Fsp3) is 0.400. The molecule has 2 heterocycles. The van der Waals surface area contributed by atoms with Crippen molar-refractivity contribution >= 4 is 11.7 Å². The third-order valence-electron chi connectivity index (χ3n) is 5.23. The fourth-order valence-corrected chi connectivity index (χ4v) is 4.05. The molecule has 0 N–H and O–H groups in total. The maximum Gasteiger partial charge on any atom is 0.258 e. The zero-order valence-corrected chi connectivity index (χ0v) is 14.2. The molecule has 0 spiro atoms. The van der Waals surface area contributed by atoms with Crippen LogP contribution < -0.4 is 0 Å². The van der Waals surface area contributed by atoms with Crippen molar-refractivity contribution in [2.75, 3.05) is 6.54 Å². The van der Waals surface area contributed by atoms with Crippen LogP contribution in [0.3, 0.4) is 0 Å². The van der Waals surface area contributed by atoms with Gasteiger partial charge in [0, 0.05) is 19.4 Å². The minimum Gasteiger partial charge on any atom is -0.465 e. The van der Waals surface area contributed by atoms with Crippen molar-refractivity contribution in [3.8, 4) is 0 Å². The Kier molecular flexibility index (Phi) is 3.94. The van der Waals surface area contributed by atoms with E-state index in [9.17, 15) is 14.0 Å². The van der Waals surface area contributed by atoms with E-state index in [1.165, 1.54) is 12.1 Å². The monoisotopic (exact) mass is 341 g/mol. The van der Waals surface area contributed by atoms with Crippen LogP contribution in [0.1, 0.15) is 69.5 Å². The lowest BCUT2D eigenvalue weighted by molar-refractivity contribution is 0.0729. The molecule has 1 aliphatic carbocycles. The SMILES string of the molecule is Cc1oc2c(c1C(=O)N1CCC[C@@H]1c1ccc(F)cc1)C(=O)CCC2. The van der Waals surface area contributed by atoms with E-state index >= 15 is 0 Å². The number of nitrogens with zero attached hydrogens (tertiary/aromatic N) is 1. The number of amides is 1. The molecular formula is C20H20FNO3. The van der Waals surface area contributed by atoms with Crippen LogP contribution in [0.2, 0.25) is 0 Å². The van der Waals surface area contributed by atoms with Gasteiger partial charge in [-0.3, -0.25) is 9.59 Å². The van der Waals surface area contributed by atoms with E-state index in [4.69, 9.17) is 4.42 Å². The molecule has 1 aromatic carbocycles. The van der Waals surface area contributed by atoms with E-state index in [0.29, 0.717) is 42.0 Å². The number of likely N-dealkylation sites (tertiary alicyclic amines) is 1. The number of ketones is 1. The van der Waals surface area contributed by atoms with Gasteiger partial charge >= 0.3 is 0 Å². The van der Waals surface area contributed by atoms with Crippen LogP contribution in [-0.2, 0) is 6.42 Å². The molecule has 1 amide bonds. The second-order valence-electron chi connectivity index (χ2n) is 6.82. The predicted molar refractivity (Wildman–Crippen MR) is 90.1 cm³/mol. The molecule has 1 aromatic heterocycles. The highest BCUT2D eigenvalue weighted by Gasteiger charge is 2.37. The van der Waals surface area contributed by atoms with Gasteiger partial charge in [0.25, 0.3) is 5.91 Å². The van der Waals surface area contributed by atoms with Gasteiger partial charge in [-0.2, -0.15) is 0 Å². The van der Waals surface area contributed by atoms with Crippen molar-refractivity contribution in [1.29, 1.82) is 0 Å². The van der Waals surface area contributed by atoms with Crippen molar-refractivity contribution in [2.24, 2.45) is 0 Å². The first-order chi connectivity index (χ1) is 12.1. The largest absolute Gasteiger partial charge is 0.465 e. The normalized spacial score (nSPS) is 20.0. The first-order valence-electron chi connectivity index (χ1n) is 8.78. The molecule has 1 saturated heterocycles.